The SMILES string of the molecule is C=C(C)/C(C)=C(\C)C(C)CC. The quantitative estimate of drug-likeness (QED) is 0.537. The molecule has 0 aromatic heterocycles. The van der Waals surface area contributed by atoms with Gasteiger partial charge in [-0.15, -0.1) is 0 Å². The minimum atomic E-state index is 0.701. The lowest BCUT2D eigenvalue weighted by Crippen LogP contribution is -1.97. The van der Waals surface area contributed by atoms with E-state index in [0.29, 0.717) is 5.92 Å². The monoisotopic (exact) mass is 152 g/mol. The van der Waals surface area contributed by atoms with Gasteiger partial charge in [-0.3, -0.25) is 0 Å². The summed E-state index contributed by atoms with van der Waals surface area (Å²) in [5.74, 6) is 0.701. The van der Waals surface area contributed by atoms with Crippen molar-refractivity contribution in [3.05, 3.63) is 23.3 Å². The third-order valence-corrected chi connectivity index (χ3v) is 2.58. The Kier molecular flexibility index (Phi) is 4.17. The standard InChI is InChI=1S/C11H20/c1-7-9(4)11(6)10(5)8(2)3/h9H,2,7H2,1,3-6H3/b11-10+. The lowest BCUT2D eigenvalue weighted by molar-refractivity contribution is 0.649. The maximum atomic E-state index is 3.93. The zero-order chi connectivity index (χ0) is 9.02. The predicted molar refractivity (Wildman–Crippen MR) is 52.6 cm³/mol. The molecule has 0 heteroatoms. The fourth-order valence-corrected chi connectivity index (χ4v) is 1.01. The van der Waals surface area contributed by atoms with E-state index < -0.39 is 0 Å². The first kappa shape index (κ1) is 10.5. The highest BCUT2D eigenvalue weighted by Gasteiger charge is 2.04. The fourth-order valence-electron chi connectivity index (χ4n) is 1.01. The third kappa shape index (κ3) is 2.92. The topological polar surface area (TPSA) is 0 Å². The molecule has 0 heterocycles. The molecule has 0 aliphatic heterocycles. The Morgan fingerprint density at radius 2 is 1.73 bits per heavy atom. The average molecular weight is 152 g/mol. The van der Waals surface area contributed by atoms with Crippen LogP contribution in [0.15, 0.2) is 23.3 Å². The Balaban J connectivity index is 4.51. The number of hydrogen-bond donors (Lipinski definition) is 0. The van der Waals surface area contributed by atoms with Gasteiger partial charge in [0.05, 0.1) is 0 Å². The summed E-state index contributed by atoms with van der Waals surface area (Å²) in [7, 11) is 0. The van der Waals surface area contributed by atoms with Crippen LogP contribution in [0.2, 0.25) is 0 Å². The number of allylic oxidation sites excluding steroid dienone is 3. The fraction of sp³-hybridized carbons (Fsp3) is 0.636. The summed E-state index contributed by atoms with van der Waals surface area (Å²) in [6.07, 6.45) is 1.22. The van der Waals surface area contributed by atoms with E-state index in [2.05, 4.69) is 41.2 Å². The van der Waals surface area contributed by atoms with Crippen molar-refractivity contribution in [1.82, 2.24) is 0 Å². The minimum absolute atomic E-state index is 0.701. The van der Waals surface area contributed by atoms with Crippen LogP contribution in [-0.4, -0.2) is 0 Å². The Labute approximate surface area is 71.0 Å². The van der Waals surface area contributed by atoms with Crippen LogP contribution in [0.5, 0.6) is 0 Å². The Bertz CT molecular complexity index is 172. The molecule has 64 valence electrons. The van der Waals surface area contributed by atoms with E-state index in [9.17, 15) is 0 Å². The molecule has 0 nitrogen and oxygen atoms in total. The Morgan fingerprint density at radius 3 is 2.00 bits per heavy atom. The van der Waals surface area contributed by atoms with E-state index >= 15 is 0 Å². The largest absolute Gasteiger partial charge is 0.0959 e. The first-order chi connectivity index (χ1) is 5.00. The van der Waals surface area contributed by atoms with Gasteiger partial charge in [0, 0.05) is 0 Å². The van der Waals surface area contributed by atoms with Crippen LogP contribution >= 0.6 is 0 Å². The van der Waals surface area contributed by atoms with Crippen LogP contribution in [-0.2, 0) is 0 Å². The summed E-state index contributed by atoms with van der Waals surface area (Å²) in [5, 5.41) is 0. The van der Waals surface area contributed by atoms with E-state index in [1.807, 2.05) is 0 Å². The Hall–Kier alpha value is -0.520. The second kappa shape index (κ2) is 4.38. The maximum absolute atomic E-state index is 3.93. The molecule has 0 aliphatic carbocycles. The molecule has 0 spiro atoms. The first-order valence-electron chi connectivity index (χ1n) is 4.33. The van der Waals surface area contributed by atoms with Gasteiger partial charge in [0.15, 0.2) is 0 Å². The minimum Gasteiger partial charge on any atom is -0.0959 e. The highest BCUT2D eigenvalue weighted by molar-refractivity contribution is 5.29. The molecule has 0 aromatic rings. The first-order valence-corrected chi connectivity index (χ1v) is 4.33. The van der Waals surface area contributed by atoms with Gasteiger partial charge in [0.2, 0.25) is 0 Å². The van der Waals surface area contributed by atoms with Gasteiger partial charge in [-0.25, -0.2) is 0 Å². The Morgan fingerprint density at radius 1 is 1.27 bits per heavy atom. The zero-order valence-electron chi connectivity index (χ0n) is 8.49. The van der Waals surface area contributed by atoms with Gasteiger partial charge in [-0.2, -0.15) is 0 Å². The van der Waals surface area contributed by atoms with Crippen molar-refractivity contribution < 1.29 is 0 Å². The van der Waals surface area contributed by atoms with E-state index in [4.69, 9.17) is 0 Å². The molecule has 11 heavy (non-hydrogen) atoms. The molecule has 0 amide bonds. The van der Waals surface area contributed by atoms with E-state index in [1.165, 1.54) is 23.1 Å². The van der Waals surface area contributed by atoms with Gasteiger partial charge in [0.25, 0.3) is 0 Å². The molecule has 0 fully saturated rings. The molecule has 0 radical (unpaired) electrons. The summed E-state index contributed by atoms with van der Waals surface area (Å²) < 4.78 is 0. The summed E-state index contributed by atoms with van der Waals surface area (Å²) in [6.45, 7) is 14.9. The highest BCUT2D eigenvalue weighted by atomic mass is 14.1. The molecular formula is C11H20. The third-order valence-electron chi connectivity index (χ3n) is 2.58. The molecule has 0 N–H and O–H groups in total. The molecule has 1 atom stereocenters. The molecule has 0 saturated heterocycles. The molecule has 0 aliphatic rings. The van der Waals surface area contributed by atoms with Gasteiger partial charge >= 0.3 is 0 Å². The van der Waals surface area contributed by atoms with Gasteiger partial charge in [0.1, 0.15) is 0 Å². The molecule has 0 aromatic carbocycles. The van der Waals surface area contributed by atoms with Gasteiger partial charge in [-0.1, -0.05) is 31.6 Å². The van der Waals surface area contributed by atoms with Crippen molar-refractivity contribution in [2.24, 2.45) is 5.92 Å². The van der Waals surface area contributed by atoms with Crippen molar-refractivity contribution in [3.63, 3.8) is 0 Å². The van der Waals surface area contributed by atoms with E-state index in [0.717, 1.165) is 0 Å². The van der Waals surface area contributed by atoms with Crippen molar-refractivity contribution in [1.29, 1.82) is 0 Å². The van der Waals surface area contributed by atoms with Crippen LogP contribution in [0.1, 0.15) is 41.0 Å². The summed E-state index contributed by atoms with van der Waals surface area (Å²) in [5.41, 5.74) is 4.06. The smallest absolute Gasteiger partial charge is 0.0231 e. The normalized spacial score (nSPS) is 15.7. The molecule has 0 rings (SSSR count). The van der Waals surface area contributed by atoms with Crippen LogP contribution in [0.3, 0.4) is 0 Å². The molecule has 0 saturated carbocycles. The van der Waals surface area contributed by atoms with Crippen LogP contribution < -0.4 is 0 Å². The highest BCUT2D eigenvalue weighted by Crippen LogP contribution is 2.21. The zero-order valence-corrected chi connectivity index (χ0v) is 8.49. The predicted octanol–water partition coefficient (Wildman–Crippen LogP) is 3.95. The lowest BCUT2D eigenvalue weighted by atomic mass is 9.93. The van der Waals surface area contributed by atoms with Crippen molar-refractivity contribution in [2.45, 2.75) is 41.0 Å². The van der Waals surface area contributed by atoms with Gasteiger partial charge in [-0.05, 0) is 38.7 Å². The maximum Gasteiger partial charge on any atom is -0.0231 e. The second-order valence-electron chi connectivity index (χ2n) is 3.40. The van der Waals surface area contributed by atoms with E-state index in [-0.39, 0.29) is 0 Å². The summed E-state index contributed by atoms with van der Waals surface area (Å²) in [4.78, 5) is 0. The lowest BCUT2D eigenvalue weighted by Gasteiger charge is -2.13. The molecule has 0 bridgehead atoms. The molecule has 1 unspecified atom stereocenters. The van der Waals surface area contributed by atoms with Gasteiger partial charge < -0.3 is 0 Å². The number of hydrogen-bond acceptors (Lipinski definition) is 0. The molecular weight excluding hydrogens is 132 g/mol. The second-order valence-corrected chi connectivity index (χ2v) is 3.40. The van der Waals surface area contributed by atoms with Crippen molar-refractivity contribution in [3.8, 4) is 0 Å². The van der Waals surface area contributed by atoms with Crippen LogP contribution in [0.4, 0.5) is 0 Å². The summed E-state index contributed by atoms with van der Waals surface area (Å²) in [6, 6.07) is 0. The van der Waals surface area contributed by atoms with Crippen LogP contribution in [0, 0.1) is 5.92 Å². The number of rotatable bonds is 3. The van der Waals surface area contributed by atoms with Crippen molar-refractivity contribution >= 4 is 0 Å². The summed E-state index contributed by atoms with van der Waals surface area (Å²) >= 11 is 0. The van der Waals surface area contributed by atoms with Crippen molar-refractivity contribution in [2.75, 3.05) is 0 Å². The van der Waals surface area contributed by atoms with Crippen LogP contribution in [0.25, 0.3) is 0 Å². The van der Waals surface area contributed by atoms with E-state index in [1.54, 1.807) is 0 Å². The average Bonchev–Trinajstić information content (AvgIpc) is 2.00.